The normalized spacial score (nSPS) is 10.7. The largest absolute Gasteiger partial charge is 0.489 e. The zero-order chi connectivity index (χ0) is 14.7. The second-order valence-electron chi connectivity index (χ2n) is 4.92. The summed E-state index contributed by atoms with van der Waals surface area (Å²) in [5, 5.41) is 0.552. The third-order valence-electron chi connectivity index (χ3n) is 2.65. The van der Waals surface area contributed by atoms with Gasteiger partial charge in [0.05, 0.1) is 12.3 Å². The number of hydrogen-bond acceptors (Lipinski definition) is 3. The number of benzene rings is 1. The van der Waals surface area contributed by atoms with Crippen molar-refractivity contribution in [1.82, 2.24) is 4.98 Å². The first-order chi connectivity index (χ1) is 9.45. The topological polar surface area (TPSA) is 39.2 Å². The van der Waals surface area contributed by atoms with Crippen LogP contribution in [0.4, 0.5) is 0 Å². The fraction of sp³-hybridized carbons (Fsp3) is 0.250. The highest BCUT2D eigenvalue weighted by Crippen LogP contribution is 2.20. The lowest BCUT2D eigenvalue weighted by molar-refractivity contribution is 0.103. The molecule has 0 aliphatic rings. The van der Waals surface area contributed by atoms with E-state index in [-0.39, 0.29) is 11.9 Å². The second-order valence-corrected chi connectivity index (χ2v) is 5.36. The average molecular weight is 290 g/mol. The van der Waals surface area contributed by atoms with Crippen LogP contribution in [-0.2, 0) is 0 Å². The molecule has 1 aromatic heterocycles. The summed E-state index contributed by atoms with van der Waals surface area (Å²) in [4.78, 5) is 16.5. The quantitative estimate of drug-likeness (QED) is 0.797. The number of rotatable bonds is 4. The first-order valence-corrected chi connectivity index (χ1v) is 6.77. The third-order valence-corrected chi connectivity index (χ3v) is 2.87. The van der Waals surface area contributed by atoms with Crippen molar-refractivity contribution in [2.45, 2.75) is 26.9 Å². The number of aryl methyl sites for hydroxylation is 1. The predicted molar refractivity (Wildman–Crippen MR) is 79.6 cm³/mol. The lowest BCUT2D eigenvalue weighted by Gasteiger charge is -2.10. The summed E-state index contributed by atoms with van der Waals surface area (Å²) in [6.45, 7) is 5.75. The van der Waals surface area contributed by atoms with E-state index in [1.54, 1.807) is 18.3 Å². The van der Waals surface area contributed by atoms with Crippen LogP contribution in [0.2, 0.25) is 5.02 Å². The minimum atomic E-state index is -0.114. The van der Waals surface area contributed by atoms with Crippen LogP contribution in [0.15, 0.2) is 36.7 Å². The highest BCUT2D eigenvalue weighted by Gasteiger charge is 2.12. The van der Waals surface area contributed by atoms with Gasteiger partial charge in [-0.05, 0) is 50.6 Å². The lowest BCUT2D eigenvalue weighted by Crippen LogP contribution is -2.08. The molecule has 2 aromatic rings. The van der Waals surface area contributed by atoms with E-state index in [0.717, 1.165) is 5.56 Å². The Morgan fingerprint density at radius 1 is 1.15 bits per heavy atom. The highest BCUT2D eigenvalue weighted by atomic mass is 35.5. The summed E-state index contributed by atoms with van der Waals surface area (Å²) in [5.41, 5.74) is 1.99. The van der Waals surface area contributed by atoms with E-state index < -0.39 is 0 Å². The van der Waals surface area contributed by atoms with Gasteiger partial charge in [0, 0.05) is 22.3 Å². The molecule has 0 fully saturated rings. The molecule has 3 nitrogen and oxygen atoms in total. The Hall–Kier alpha value is -1.87. The van der Waals surface area contributed by atoms with Crippen molar-refractivity contribution in [3.05, 3.63) is 58.4 Å². The molecule has 0 aliphatic heterocycles. The van der Waals surface area contributed by atoms with Crippen molar-refractivity contribution in [2.24, 2.45) is 0 Å². The molecule has 0 atom stereocenters. The number of carbonyl (C=O) groups excluding carboxylic acids is 1. The molecule has 104 valence electrons. The molecule has 0 saturated carbocycles. The molecule has 2 rings (SSSR count). The first kappa shape index (κ1) is 14.5. The maximum Gasteiger partial charge on any atom is 0.194 e. The average Bonchev–Trinajstić information content (AvgIpc) is 2.36. The minimum absolute atomic E-state index is 0.0376. The Kier molecular flexibility index (Phi) is 4.40. The SMILES string of the molecule is Cc1cc(Cl)cc(C(=O)c2cncc(OC(C)C)c2)c1. The Morgan fingerprint density at radius 3 is 2.55 bits per heavy atom. The van der Waals surface area contributed by atoms with E-state index in [1.165, 1.54) is 6.20 Å². The molecule has 0 saturated heterocycles. The van der Waals surface area contributed by atoms with Gasteiger partial charge in [-0.2, -0.15) is 0 Å². The van der Waals surface area contributed by atoms with Crippen molar-refractivity contribution in [3.63, 3.8) is 0 Å². The van der Waals surface area contributed by atoms with Crippen LogP contribution in [0, 0.1) is 6.92 Å². The molecule has 4 heteroatoms. The Labute approximate surface area is 123 Å². The summed E-state index contributed by atoms with van der Waals surface area (Å²) >= 11 is 5.99. The molecule has 0 amide bonds. The van der Waals surface area contributed by atoms with Gasteiger partial charge in [-0.3, -0.25) is 9.78 Å². The number of hydrogen-bond donors (Lipinski definition) is 0. The third kappa shape index (κ3) is 3.58. The van der Waals surface area contributed by atoms with Gasteiger partial charge >= 0.3 is 0 Å². The summed E-state index contributed by atoms with van der Waals surface area (Å²) in [7, 11) is 0. The van der Waals surface area contributed by atoms with Gasteiger partial charge < -0.3 is 4.74 Å². The number of halogens is 1. The maximum atomic E-state index is 12.4. The summed E-state index contributed by atoms with van der Waals surface area (Å²) < 4.78 is 5.55. The standard InChI is InChI=1S/C16H16ClNO2/c1-10(2)20-15-7-13(8-18-9-15)16(19)12-4-11(3)5-14(17)6-12/h4-10H,1-3H3. The summed E-state index contributed by atoms with van der Waals surface area (Å²) in [5.74, 6) is 0.474. The molecule has 0 bridgehead atoms. The van der Waals surface area contributed by atoms with Crippen LogP contribution < -0.4 is 4.74 Å². The minimum Gasteiger partial charge on any atom is -0.489 e. The smallest absolute Gasteiger partial charge is 0.194 e. The number of nitrogens with zero attached hydrogens (tertiary/aromatic N) is 1. The Morgan fingerprint density at radius 2 is 1.90 bits per heavy atom. The summed E-state index contributed by atoms with van der Waals surface area (Å²) in [6, 6.07) is 6.98. The van der Waals surface area contributed by atoms with Crippen LogP contribution in [-0.4, -0.2) is 16.9 Å². The van der Waals surface area contributed by atoms with Gasteiger partial charge in [0.15, 0.2) is 5.78 Å². The number of ether oxygens (including phenoxy) is 1. The van der Waals surface area contributed by atoms with Crippen molar-refractivity contribution < 1.29 is 9.53 Å². The predicted octanol–water partition coefficient (Wildman–Crippen LogP) is 4.06. The van der Waals surface area contributed by atoms with Crippen molar-refractivity contribution in [3.8, 4) is 5.75 Å². The molecule has 20 heavy (non-hydrogen) atoms. The van der Waals surface area contributed by atoms with Crippen LogP contribution >= 0.6 is 11.6 Å². The Bertz CT molecular complexity index is 618. The van der Waals surface area contributed by atoms with E-state index in [2.05, 4.69) is 4.98 Å². The molecule has 0 spiro atoms. The van der Waals surface area contributed by atoms with E-state index in [9.17, 15) is 4.79 Å². The fourth-order valence-electron chi connectivity index (χ4n) is 1.91. The van der Waals surface area contributed by atoms with Gasteiger partial charge in [-0.25, -0.2) is 0 Å². The second kappa shape index (κ2) is 6.06. The number of aromatic nitrogens is 1. The molecular formula is C16H16ClNO2. The van der Waals surface area contributed by atoms with Gasteiger partial charge in [0.2, 0.25) is 0 Å². The molecule has 0 aliphatic carbocycles. The maximum absolute atomic E-state index is 12.4. The Balaban J connectivity index is 2.33. The molecule has 0 unspecified atom stereocenters. The van der Waals surface area contributed by atoms with Gasteiger partial charge in [0.1, 0.15) is 5.75 Å². The van der Waals surface area contributed by atoms with Crippen molar-refractivity contribution >= 4 is 17.4 Å². The number of pyridine rings is 1. The molecule has 1 aromatic carbocycles. The van der Waals surface area contributed by atoms with Crippen molar-refractivity contribution in [1.29, 1.82) is 0 Å². The van der Waals surface area contributed by atoms with E-state index in [1.807, 2.05) is 32.9 Å². The van der Waals surface area contributed by atoms with Crippen LogP contribution in [0.3, 0.4) is 0 Å². The van der Waals surface area contributed by atoms with E-state index >= 15 is 0 Å². The first-order valence-electron chi connectivity index (χ1n) is 6.39. The summed E-state index contributed by atoms with van der Waals surface area (Å²) in [6.07, 6.45) is 3.17. The van der Waals surface area contributed by atoms with Crippen LogP contribution in [0.25, 0.3) is 0 Å². The number of carbonyl (C=O) groups is 1. The molecule has 0 N–H and O–H groups in total. The van der Waals surface area contributed by atoms with Crippen molar-refractivity contribution in [2.75, 3.05) is 0 Å². The van der Waals surface area contributed by atoms with Gasteiger partial charge in [-0.15, -0.1) is 0 Å². The number of ketones is 1. The zero-order valence-corrected chi connectivity index (χ0v) is 12.4. The lowest BCUT2D eigenvalue weighted by atomic mass is 10.0. The zero-order valence-electron chi connectivity index (χ0n) is 11.7. The molecule has 0 radical (unpaired) electrons. The van der Waals surface area contributed by atoms with E-state index in [4.69, 9.17) is 16.3 Å². The van der Waals surface area contributed by atoms with Gasteiger partial charge in [-0.1, -0.05) is 11.6 Å². The van der Waals surface area contributed by atoms with Crippen LogP contribution in [0.1, 0.15) is 35.3 Å². The fourth-order valence-corrected chi connectivity index (χ4v) is 2.20. The van der Waals surface area contributed by atoms with Gasteiger partial charge in [0.25, 0.3) is 0 Å². The highest BCUT2D eigenvalue weighted by molar-refractivity contribution is 6.31. The van der Waals surface area contributed by atoms with E-state index in [0.29, 0.717) is 21.9 Å². The monoisotopic (exact) mass is 289 g/mol. The molecular weight excluding hydrogens is 274 g/mol. The molecule has 1 heterocycles. The van der Waals surface area contributed by atoms with Crippen LogP contribution in [0.5, 0.6) is 5.75 Å².